The van der Waals surface area contributed by atoms with E-state index < -0.39 is 10.3 Å². The van der Waals surface area contributed by atoms with Gasteiger partial charge in [0.25, 0.3) is 5.69 Å². The van der Waals surface area contributed by atoms with E-state index in [1.54, 1.807) is 27.0 Å². The monoisotopic (exact) mass is 285 g/mol. The summed E-state index contributed by atoms with van der Waals surface area (Å²) in [6.45, 7) is 3.71. The van der Waals surface area contributed by atoms with Gasteiger partial charge in [-0.05, 0) is 19.9 Å². The van der Waals surface area contributed by atoms with Crippen LogP contribution in [0.4, 0.5) is 11.4 Å². The Hall–Kier alpha value is -1.82. The van der Waals surface area contributed by atoms with Crippen LogP contribution in [0.5, 0.6) is 0 Å². The molecule has 0 radical (unpaired) electrons. The third kappa shape index (κ3) is 3.57. The molecule has 0 saturated heterocycles. The number of nitro benzene ring substituents is 1. The smallest absolute Gasteiger partial charge is 0.293 e. The van der Waals surface area contributed by atoms with E-state index in [2.05, 4.69) is 10.6 Å². The van der Waals surface area contributed by atoms with Gasteiger partial charge in [0.15, 0.2) is 0 Å². The molecule has 0 aliphatic heterocycles. The van der Waals surface area contributed by atoms with Gasteiger partial charge >= 0.3 is 0 Å². The molecule has 0 aliphatic rings. The normalized spacial score (nSPS) is 10.9. The first-order valence-corrected chi connectivity index (χ1v) is 6.06. The summed E-state index contributed by atoms with van der Waals surface area (Å²) in [7, 11) is 1.54. The second kappa shape index (κ2) is 5.88. The van der Waals surface area contributed by atoms with E-state index in [1.165, 1.54) is 12.1 Å². The molecule has 1 aromatic carbocycles. The molecule has 19 heavy (non-hydrogen) atoms. The summed E-state index contributed by atoms with van der Waals surface area (Å²) >= 11 is 5.95. The minimum atomic E-state index is -0.707. The van der Waals surface area contributed by atoms with Gasteiger partial charge in [-0.3, -0.25) is 14.9 Å². The largest absolute Gasteiger partial charge is 0.377 e. The molecular formula is C12H16ClN3O3. The van der Waals surface area contributed by atoms with Crippen molar-refractivity contribution in [2.24, 2.45) is 5.41 Å². The molecule has 0 atom stereocenters. The number of para-hydroxylation sites is 1. The van der Waals surface area contributed by atoms with Crippen molar-refractivity contribution in [3.05, 3.63) is 33.3 Å². The fourth-order valence-corrected chi connectivity index (χ4v) is 1.80. The number of carbonyl (C=O) groups excluding carboxylic acids is 1. The number of hydrogen-bond acceptors (Lipinski definition) is 4. The van der Waals surface area contributed by atoms with Crippen molar-refractivity contribution < 1.29 is 9.72 Å². The minimum absolute atomic E-state index is 0.111. The van der Waals surface area contributed by atoms with E-state index in [-0.39, 0.29) is 28.8 Å². The van der Waals surface area contributed by atoms with Gasteiger partial charge in [0.05, 0.1) is 15.4 Å². The Morgan fingerprint density at radius 1 is 1.47 bits per heavy atom. The van der Waals surface area contributed by atoms with Crippen LogP contribution in [-0.2, 0) is 4.79 Å². The predicted molar refractivity (Wildman–Crippen MR) is 74.4 cm³/mol. The third-order valence-electron chi connectivity index (χ3n) is 2.74. The molecule has 0 unspecified atom stereocenters. The van der Waals surface area contributed by atoms with Gasteiger partial charge in [-0.25, -0.2) is 0 Å². The molecule has 7 heteroatoms. The third-order valence-corrected chi connectivity index (χ3v) is 3.05. The van der Waals surface area contributed by atoms with Crippen molar-refractivity contribution in [1.82, 2.24) is 5.32 Å². The molecule has 0 heterocycles. The Morgan fingerprint density at radius 2 is 2.11 bits per heavy atom. The Morgan fingerprint density at radius 3 is 2.63 bits per heavy atom. The maximum absolute atomic E-state index is 11.6. The number of nitrogens with zero attached hydrogens (tertiary/aromatic N) is 1. The highest BCUT2D eigenvalue weighted by Gasteiger charge is 2.28. The Bertz CT molecular complexity index is 503. The van der Waals surface area contributed by atoms with Crippen LogP contribution in [-0.4, -0.2) is 24.4 Å². The first-order valence-electron chi connectivity index (χ1n) is 5.68. The molecule has 1 amide bonds. The van der Waals surface area contributed by atoms with Crippen molar-refractivity contribution in [3.8, 4) is 0 Å². The van der Waals surface area contributed by atoms with Crippen LogP contribution in [0.3, 0.4) is 0 Å². The fourth-order valence-electron chi connectivity index (χ4n) is 1.57. The van der Waals surface area contributed by atoms with E-state index in [0.717, 1.165) is 0 Å². The maximum atomic E-state index is 11.6. The van der Waals surface area contributed by atoms with Gasteiger partial charge in [-0.2, -0.15) is 0 Å². The number of anilines is 1. The van der Waals surface area contributed by atoms with Crippen LogP contribution < -0.4 is 10.6 Å². The van der Waals surface area contributed by atoms with Crippen LogP contribution in [0.25, 0.3) is 0 Å². The molecule has 0 spiro atoms. The van der Waals surface area contributed by atoms with Crippen LogP contribution in [0, 0.1) is 15.5 Å². The van der Waals surface area contributed by atoms with Crippen LogP contribution in [0.2, 0.25) is 5.02 Å². The van der Waals surface area contributed by atoms with Crippen molar-refractivity contribution in [2.75, 3.05) is 18.9 Å². The van der Waals surface area contributed by atoms with Gasteiger partial charge in [-0.15, -0.1) is 0 Å². The lowest BCUT2D eigenvalue weighted by Crippen LogP contribution is -2.39. The average molecular weight is 286 g/mol. The van der Waals surface area contributed by atoms with Crippen molar-refractivity contribution in [3.63, 3.8) is 0 Å². The van der Waals surface area contributed by atoms with E-state index >= 15 is 0 Å². The van der Waals surface area contributed by atoms with E-state index in [9.17, 15) is 14.9 Å². The van der Waals surface area contributed by atoms with E-state index in [0.29, 0.717) is 0 Å². The highest BCUT2D eigenvalue weighted by atomic mass is 35.5. The molecule has 2 N–H and O–H groups in total. The highest BCUT2D eigenvalue weighted by Crippen LogP contribution is 2.32. The van der Waals surface area contributed by atoms with Crippen molar-refractivity contribution in [2.45, 2.75) is 13.8 Å². The lowest BCUT2D eigenvalue weighted by atomic mass is 9.92. The van der Waals surface area contributed by atoms with Crippen LogP contribution in [0.15, 0.2) is 18.2 Å². The summed E-state index contributed by atoms with van der Waals surface area (Å²) in [6, 6.07) is 4.43. The molecule has 0 aromatic heterocycles. The number of carbonyl (C=O) groups is 1. The zero-order chi connectivity index (χ0) is 14.6. The molecule has 0 bridgehead atoms. The number of amides is 1. The quantitative estimate of drug-likeness (QED) is 0.643. The summed E-state index contributed by atoms with van der Waals surface area (Å²) in [5.41, 5.74) is -0.590. The minimum Gasteiger partial charge on any atom is -0.377 e. The average Bonchev–Trinajstić information content (AvgIpc) is 2.35. The zero-order valence-corrected chi connectivity index (χ0v) is 11.7. The summed E-state index contributed by atoms with van der Waals surface area (Å²) < 4.78 is 0. The molecule has 0 aliphatic carbocycles. The summed E-state index contributed by atoms with van der Waals surface area (Å²) in [6.07, 6.45) is 0. The number of benzene rings is 1. The topological polar surface area (TPSA) is 84.3 Å². The molecular weight excluding hydrogens is 270 g/mol. The van der Waals surface area contributed by atoms with Crippen LogP contribution >= 0.6 is 11.6 Å². The summed E-state index contributed by atoms with van der Waals surface area (Å²) in [4.78, 5) is 22.0. The number of nitrogens with one attached hydrogen (secondary N) is 2. The molecule has 1 rings (SSSR count). The lowest BCUT2D eigenvalue weighted by molar-refractivity contribution is -0.384. The number of halogens is 1. The van der Waals surface area contributed by atoms with Gasteiger partial charge in [-0.1, -0.05) is 17.7 Å². The van der Waals surface area contributed by atoms with Gasteiger partial charge < -0.3 is 10.6 Å². The first kappa shape index (κ1) is 15.2. The molecule has 6 nitrogen and oxygen atoms in total. The van der Waals surface area contributed by atoms with Crippen molar-refractivity contribution >= 4 is 28.9 Å². The van der Waals surface area contributed by atoms with Crippen molar-refractivity contribution in [1.29, 1.82) is 0 Å². The lowest BCUT2D eigenvalue weighted by Gasteiger charge is -2.23. The summed E-state index contributed by atoms with van der Waals surface area (Å²) in [5, 5.41) is 16.6. The van der Waals surface area contributed by atoms with Gasteiger partial charge in [0.1, 0.15) is 5.69 Å². The van der Waals surface area contributed by atoms with Gasteiger partial charge in [0.2, 0.25) is 5.91 Å². The number of rotatable bonds is 5. The Labute approximate surface area is 116 Å². The second-order valence-electron chi connectivity index (χ2n) is 4.71. The summed E-state index contributed by atoms with van der Waals surface area (Å²) in [5.74, 6) is -0.158. The van der Waals surface area contributed by atoms with Crippen LogP contribution in [0.1, 0.15) is 13.8 Å². The van der Waals surface area contributed by atoms with Gasteiger partial charge in [0, 0.05) is 19.7 Å². The number of nitro groups is 1. The standard InChI is InChI=1S/C12H16ClN3O3/c1-12(2,11(17)14-3)7-15-10-8(13)5-4-6-9(10)16(18)19/h4-6,15H,7H2,1-3H3,(H,14,17). The van der Waals surface area contributed by atoms with E-state index in [1.807, 2.05) is 0 Å². The Balaban J connectivity index is 2.95. The fraction of sp³-hybridized carbons (Fsp3) is 0.417. The SMILES string of the molecule is CNC(=O)C(C)(C)CNc1c(Cl)cccc1[N+](=O)[O-]. The molecule has 1 aromatic rings. The second-order valence-corrected chi connectivity index (χ2v) is 5.11. The highest BCUT2D eigenvalue weighted by molar-refractivity contribution is 6.33. The Kier molecular flexibility index (Phi) is 4.72. The predicted octanol–water partition coefficient (Wildman–Crippen LogP) is 2.43. The first-order chi connectivity index (χ1) is 8.79. The molecule has 0 saturated carbocycles. The maximum Gasteiger partial charge on any atom is 0.293 e. The molecule has 104 valence electrons. The zero-order valence-electron chi connectivity index (χ0n) is 11.0. The number of hydrogen-bond donors (Lipinski definition) is 2. The van der Waals surface area contributed by atoms with E-state index in [4.69, 9.17) is 11.6 Å². The molecule has 0 fully saturated rings.